The van der Waals surface area contributed by atoms with Gasteiger partial charge in [0.05, 0.1) is 13.2 Å². The number of aryl methyl sites for hydroxylation is 1. The van der Waals surface area contributed by atoms with Gasteiger partial charge in [-0.3, -0.25) is 9.89 Å². The van der Waals surface area contributed by atoms with Crippen LogP contribution in [0.25, 0.3) is 0 Å². The van der Waals surface area contributed by atoms with Crippen LogP contribution < -0.4 is 10.6 Å². The second-order valence-electron chi connectivity index (χ2n) is 8.78. The number of thioether (sulfide) groups is 1. The van der Waals surface area contributed by atoms with Gasteiger partial charge >= 0.3 is 0 Å². The number of guanidine groups is 1. The quantitative estimate of drug-likeness (QED) is 0.266. The second-order valence-corrected chi connectivity index (χ2v) is 9.55. The van der Waals surface area contributed by atoms with E-state index in [0.29, 0.717) is 6.04 Å². The Bertz CT molecular complexity index is 679. The molecule has 3 rings (SSSR count). The highest BCUT2D eigenvalue weighted by atomic mass is 32.2. The molecule has 170 valence electrons. The van der Waals surface area contributed by atoms with Crippen molar-refractivity contribution >= 4 is 17.7 Å². The maximum atomic E-state index is 5.48. The third-order valence-electron chi connectivity index (χ3n) is 6.26. The van der Waals surface area contributed by atoms with Gasteiger partial charge in [0.1, 0.15) is 5.82 Å². The van der Waals surface area contributed by atoms with E-state index in [9.17, 15) is 0 Å². The van der Waals surface area contributed by atoms with Gasteiger partial charge in [0.25, 0.3) is 0 Å². The average Bonchev–Trinajstić information content (AvgIpc) is 3.43. The lowest BCUT2D eigenvalue weighted by molar-refractivity contribution is -0.00833. The Labute approximate surface area is 185 Å². The zero-order chi connectivity index (χ0) is 21.4. The number of rotatable bonds is 9. The van der Waals surface area contributed by atoms with E-state index in [-0.39, 0.29) is 5.54 Å². The first kappa shape index (κ1) is 23.3. The van der Waals surface area contributed by atoms with Crippen LogP contribution in [0.15, 0.2) is 10.1 Å². The monoisotopic (exact) mass is 437 g/mol. The van der Waals surface area contributed by atoms with E-state index in [1.54, 1.807) is 11.8 Å². The highest BCUT2D eigenvalue weighted by molar-refractivity contribution is 7.98. The summed E-state index contributed by atoms with van der Waals surface area (Å²) in [5.41, 5.74) is 0.0628. The van der Waals surface area contributed by atoms with Crippen LogP contribution in [0.4, 0.5) is 0 Å². The van der Waals surface area contributed by atoms with E-state index >= 15 is 0 Å². The standard InChI is InChI=1S/C21H39N7OS/c1-21(2,27-12-14-29-15-13-27)16-24-19(22-3)23-11-7-10-18-25-26-20(30-4)28(18)17-8-5-6-9-17/h17H,5-16H2,1-4H3,(H2,22,23,24). The normalized spacial score (nSPS) is 19.4. The van der Waals surface area contributed by atoms with Crippen LogP contribution in [0.3, 0.4) is 0 Å². The highest BCUT2D eigenvalue weighted by Crippen LogP contribution is 2.33. The molecular formula is C21H39N7OS. The fourth-order valence-electron chi connectivity index (χ4n) is 4.40. The van der Waals surface area contributed by atoms with Crippen LogP contribution in [-0.2, 0) is 11.2 Å². The summed E-state index contributed by atoms with van der Waals surface area (Å²) in [6.45, 7) is 9.88. The molecular weight excluding hydrogens is 398 g/mol. The first-order chi connectivity index (χ1) is 14.5. The van der Waals surface area contributed by atoms with E-state index in [1.165, 1.54) is 25.7 Å². The summed E-state index contributed by atoms with van der Waals surface area (Å²) in [7, 11) is 1.83. The van der Waals surface area contributed by atoms with E-state index in [2.05, 4.69) is 55.4 Å². The predicted octanol–water partition coefficient (Wildman–Crippen LogP) is 2.32. The summed E-state index contributed by atoms with van der Waals surface area (Å²) in [5.74, 6) is 1.99. The van der Waals surface area contributed by atoms with Gasteiger partial charge in [0.15, 0.2) is 11.1 Å². The van der Waals surface area contributed by atoms with Crippen LogP contribution in [0.1, 0.15) is 57.8 Å². The Kier molecular flexibility index (Phi) is 8.83. The Hall–Kier alpha value is -1.32. The second kappa shape index (κ2) is 11.3. The zero-order valence-corrected chi connectivity index (χ0v) is 19.9. The molecule has 0 atom stereocenters. The summed E-state index contributed by atoms with van der Waals surface area (Å²) in [6, 6.07) is 0.585. The lowest BCUT2D eigenvalue weighted by Crippen LogP contribution is -2.56. The van der Waals surface area contributed by atoms with Crippen LogP contribution in [-0.4, -0.2) is 83.9 Å². The van der Waals surface area contributed by atoms with Crippen molar-refractivity contribution in [1.29, 1.82) is 0 Å². The Morgan fingerprint density at radius 2 is 1.93 bits per heavy atom. The van der Waals surface area contributed by atoms with Crippen molar-refractivity contribution in [2.45, 2.75) is 69.1 Å². The largest absolute Gasteiger partial charge is 0.379 e. The summed E-state index contributed by atoms with van der Waals surface area (Å²) < 4.78 is 7.88. The van der Waals surface area contributed by atoms with Crippen molar-refractivity contribution in [2.75, 3.05) is 52.7 Å². The average molecular weight is 438 g/mol. The molecule has 1 aromatic heterocycles. The van der Waals surface area contributed by atoms with Crippen LogP contribution in [0, 0.1) is 0 Å². The maximum Gasteiger partial charge on any atom is 0.191 e. The molecule has 2 aliphatic rings. The molecule has 1 aromatic rings. The number of nitrogens with one attached hydrogen (secondary N) is 2. The number of hydrogen-bond donors (Lipinski definition) is 2. The third kappa shape index (κ3) is 6.11. The van der Waals surface area contributed by atoms with Gasteiger partial charge in [-0.25, -0.2) is 0 Å². The molecule has 0 bridgehead atoms. The molecule has 0 aromatic carbocycles. The Morgan fingerprint density at radius 3 is 2.60 bits per heavy atom. The molecule has 1 saturated heterocycles. The van der Waals surface area contributed by atoms with E-state index in [1.807, 2.05) is 7.05 Å². The molecule has 9 heteroatoms. The minimum atomic E-state index is 0.0628. The molecule has 0 amide bonds. The first-order valence-electron chi connectivity index (χ1n) is 11.3. The fraction of sp³-hybridized carbons (Fsp3) is 0.857. The molecule has 0 unspecified atom stereocenters. The van der Waals surface area contributed by atoms with Crippen LogP contribution in [0.5, 0.6) is 0 Å². The number of hydrogen-bond acceptors (Lipinski definition) is 6. The molecule has 1 aliphatic carbocycles. The van der Waals surface area contributed by atoms with Gasteiger partial charge in [-0.05, 0) is 39.4 Å². The van der Waals surface area contributed by atoms with E-state index in [0.717, 1.165) is 69.2 Å². The van der Waals surface area contributed by atoms with Crippen molar-refractivity contribution in [3.8, 4) is 0 Å². The zero-order valence-electron chi connectivity index (χ0n) is 19.1. The molecule has 2 fully saturated rings. The minimum absolute atomic E-state index is 0.0628. The third-order valence-corrected chi connectivity index (χ3v) is 6.90. The highest BCUT2D eigenvalue weighted by Gasteiger charge is 2.28. The molecule has 0 spiro atoms. The number of nitrogens with zero attached hydrogens (tertiary/aromatic N) is 5. The van der Waals surface area contributed by atoms with Crippen LogP contribution >= 0.6 is 11.8 Å². The SMILES string of the molecule is CN=C(NCCCc1nnc(SC)n1C1CCCC1)NCC(C)(C)N1CCOCC1. The summed E-state index contributed by atoms with van der Waals surface area (Å²) in [6.07, 6.45) is 9.19. The minimum Gasteiger partial charge on any atom is -0.379 e. The lowest BCUT2D eigenvalue weighted by Gasteiger charge is -2.41. The molecule has 1 saturated carbocycles. The van der Waals surface area contributed by atoms with E-state index in [4.69, 9.17) is 4.74 Å². The summed E-state index contributed by atoms with van der Waals surface area (Å²) >= 11 is 1.70. The van der Waals surface area contributed by atoms with Crippen molar-refractivity contribution in [3.63, 3.8) is 0 Å². The number of aromatic nitrogens is 3. The number of morpholine rings is 1. The lowest BCUT2D eigenvalue weighted by atomic mass is 10.0. The van der Waals surface area contributed by atoms with Crippen molar-refractivity contribution in [3.05, 3.63) is 5.82 Å². The van der Waals surface area contributed by atoms with Gasteiger partial charge in [0, 0.05) is 51.2 Å². The topological polar surface area (TPSA) is 79.6 Å². The van der Waals surface area contributed by atoms with E-state index < -0.39 is 0 Å². The fourth-order valence-corrected chi connectivity index (χ4v) is 4.97. The Balaban J connectivity index is 1.43. The van der Waals surface area contributed by atoms with Crippen molar-refractivity contribution in [2.24, 2.45) is 4.99 Å². The molecule has 2 heterocycles. The summed E-state index contributed by atoms with van der Waals surface area (Å²) in [4.78, 5) is 6.88. The van der Waals surface area contributed by atoms with Gasteiger partial charge in [-0.15, -0.1) is 10.2 Å². The molecule has 30 heavy (non-hydrogen) atoms. The molecule has 2 N–H and O–H groups in total. The smallest absolute Gasteiger partial charge is 0.191 e. The molecule has 8 nitrogen and oxygen atoms in total. The van der Waals surface area contributed by atoms with Crippen LogP contribution in [0.2, 0.25) is 0 Å². The van der Waals surface area contributed by atoms with Gasteiger partial charge in [-0.2, -0.15) is 0 Å². The first-order valence-corrected chi connectivity index (χ1v) is 12.5. The van der Waals surface area contributed by atoms with Gasteiger partial charge in [0.2, 0.25) is 0 Å². The van der Waals surface area contributed by atoms with Crippen molar-refractivity contribution < 1.29 is 4.74 Å². The number of ether oxygens (including phenoxy) is 1. The molecule has 1 aliphatic heterocycles. The summed E-state index contributed by atoms with van der Waals surface area (Å²) in [5, 5.41) is 16.9. The maximum absolute atomic E-state index is 5.48. The van der Waals surface area contributed by atoms with Gasteiger partial charge < -0.3 is 19.9 Å². The van der Waals surface area contributed by atoms with Gasteiger partial charge in [-0.1, -0.05) is 24.6 Å². The molecule has 0 radical (unpaired) electrons. The predicted molar refractivity (Wildman–Crippen MR) is 123 cm³/mol. The van der Waals surface area contributed by atoms with Crippen molar-refractivity contribution in [1.82, 2.24) is 30.3 Å². The number of aliphatic imine (C=N–C) groups is 1. The Morgan fingerprint density at radius 1 is 1.20 bits per heavy atom.